The van der Waals surface area contributed by atoms with E-state index < -0.39 is 31.1 Å². The molecular weight excluding hydrogens is 442 g/mol. The average molecular weight is 468 g/mol. The fourth-order valence-electron chi connectivity index (χ4n) is 3.46. The lowest BCUT2D eigenvalue weighted by molar-refractivity contribution is -0.385. The SMILES string of the molecule is CC(C)(C)CC(C)(C)NC(=O)c1ccc(NS(=O)(=O)c2cc([N+](=O)[O-])ccc2Cl)cc1. The van der Waals surface area contributed by atoms with Crippen molar-refractivity contribution in [3.05, 3.63) is 63.2 Å². The van der Waals surface area contributed by atoms with Crippen molar-refractivity contribution in [1.82, 2.24) is 5.32 Å². The Kier molecular flexibility index (Phi) is 7.02. The van der Waals surface area contributed by atoms with Gasteiger partial charge in [-0.3, -0.25) is 19.6 Å². The fraction of sp³-hybridized carbons (Fsp3) is 0.381. The number of halogens is 1. The van der Waals surface area contributed by atoms with Crippen molar-refractivity contribution in [3.8, 4) is 0 Å². The number of non-ortho nitro benzene ring substituents is 1. The number of nitrogens with zero attached hydrogens (tertiary/aromatic N) is 1. The average Bonchev–Trinajstić information content (AvgIpc) is 2.59. The second-order valence-electron chi connectivity index (χ2n) is 9.13. The van der Waals surface area contributed by atoms with Gasteiger partial charge in [-0.15, -0.1) is 0 Å². The molecule has 0 heterocycles. The Hall–Kier alpha value is -2.65. The molecule has 1 amide bonds. The number of benzene rings is 2. The first-order chi connectivity index (χ1) is 14.1. The monoisotopic (exact) mass is 467 g/mol. The van der Waals surface area contributed by atoms with E-state index in [-0.39, 0.29) is 22.0 Å². The maximum absolute atomic E-state index is 12.6. The van der Waals surface area contributed by atoms with Crippen LogP contribution in [0.15, 0.2) is 47.4 Å². The van der Waals surface area contributed by atoms with Gasteiger partial charge in [0.2, 0.25) is 0 Å². The highest BCUT2D eigenvalue weighted by molar-refractivity contribution is 7.92. The van der Waals surface area contributed by atoms with E-state index in [0.717, 1.165) is 24.6 Å². The molecule has 0 aliphatic carbocycles. The Balaban J connectivity index is 2.18. The minimum absolute atomic E-state index is 0.0344. The van der Waals surface area contributed by atoms with Gasteiger partial charge in [0.1, 0.15) is 4.90 Å². The number of hydrogen-bond acceptors (Lipinski definition) is 5. The maximum Gasteiger partial charge on any atom is 0.270 e. The van der Waals surface area contributed by atoms with Crippen molar-refractivity contribution >= 4 is 38.9 Å². The van der Waals surface area contributed by atoms with Crippen LogP contribution in [-0.2, 0) is 10.0 Å². The Morgan fingerprint density at radius 1 is 1.06 bits per heavy atom. The van der Waals surface area contributed by atoms with Crippen LogP contribution < -0.4 is 10.0 Å². The van der Waals surface area contributed by atoms with Gasteiger partial charge in [0.15, 0.2) is 0 Å². The molecule has 31 heavy (non-hydrogen) atoms. The molecule has 0 aromatic heterocycles. The van der Waals surface area contributed by atoms with Crippen LogP contribution in [-0.4, -0.2) is 24.8 Å². The highest BCUT2D eigenvalue weighted by Gasteiger charge is 2.27. The molecule has 0 aliphatic rings. The zero-order valence-electron chi connectivity index (χ0n) is 18.0. The second kappa shape index (κ2) is 8.84. The van der Waals surface area contributed by atoms with Gasteiger partial charge < -0.3 is 5.32 Å². The Labute approximate surface area is 187 Å². The molecule has 8 nitrogen and oxygen atoms in total. The number of anilines is 1. The van der Waals surface area contributed by atoms with Crippen molar-refractivity contribution in [2.75, 3.05) is 4.72 Å². The first kappa shape index (κ1) is 24.6. The maximum atomic E-state index is 12.6. The van der Waals surface area contributed by atoms with Crippen LogP contribution in [0.4, 0.5) is 11.4 Å². The highest BCUT2D eigenvalue weighted by Crippen LogP contribution is 2.29. The minimum atomic E-state index is -4.17. The van der Waals surface area contributed by atoms with Crippen LogP contribution in [0.5, 0.6) is 0 Å². The van der Waals surface area contributed by atoms with E-state index in [1.165, 1.54) is 24.3 Å². The molecule has 0 saturated heterocycles. The smallest absolute Gasteiger partial charge is 0.270 e. The predicted octanol–water partition coefficient (Wildman–Crippen LogP) is 4.99. The number of rotatable bonds is 7. The lowest BCUT2D eigenvalue weighted by Crippen LogP contribution is -2.45. The van der Waals surface area contributed by atoms with Gasteiger partial charge in [-0.1, -0.05) is 32.4 Å². The summed E-state index contributed by atoms with van der Waals surface area (Å²) in [4.78, 5) is 22.4. The highest BCUT2D eigenvalue weighted by atomic mass is 35.5. The number of amides is 1. The molecule has 2 rings (SSSR count). The molecule has 0 aliphatic heterocycles. The van der Waals surface area contributed by atoms with Crippen LogP contribution >= 0.6 is 11.6 Å². The Bertz CT molecular complexity index is 1090. The quantitative estimate of drug-likeness (QED) is 0.439. The zero-order valence-corrected chi connectivity index (χ0v) is 19.6. The van der Waals surface area contributed by atoms with Gasteiger partial charge in [-0.2, -0.15) is 0 Å². The summed E-state index contributed by atoms with van der Waals surface area (Å²) in [5.41, 5.74) is -0.220. The van der Waals surface area contributed by atoms with Crippen LogP contribution in [0, 0.1) is 15.5 Å². The molecule has 0 fully saturated rings. The van der Waals surface area contributed by atoms with Gasteiger partial charge in [0.25, 0.3) is 21.6 Å². The first-order valence-corrected chi connectivity index (χ1v) is 11.4. The summed E-state index contributed by atoms with van der Waals surface area (Å²) < 4.78 is 27.6. The summed E-state index contributed by atoms with van der Waals surface area (Å²) in [6.45, 7) is 10.2. The standard InChI is InChI=1S/C21H26ClN3O5S/c1-20(2,3)13-21(4,5)23-19(26)14-6-8-15(9-7-14)24-31(29,30)18-12-16(25(27)28)10-11-17(18)22/h6-12,24H,13H2,1-5H3,(H,23,26). The van der Waals surface area contributed by atoms with E-state index >= 15 is 0 Å². The second-order valence-corrected chi connectivity index (χ2v) is 11.2. The molecule has 0 radical (unpaired) electrons. The summed E-state index contributed by atoms with van der Waals surface area (Å²) in [7, 11) is -4.17. The van der Waals surface area contributed by atoms with Gasteiger partial charge in [-0.25, -0.2) is 8.42 Å². The van der Waals surface area contributed by atoms with Gasteiger partial charge in [0.05, 0.1) is 9.95 Å². The molecular formula is C21H26ClN3O5S. The predicted molar refractivity (Wildman–Crippen MR) is 121 cm³/mol. The topological polar surface area (TPSA) is 118 Å². The van der Waals surface area contributed by atoms with E-state index in [4.69, 9.17) is 11.6 Å². The summed E-state index contributed by atoms with van der Waals surface area (Å²) in [6.07, 6.45) is 0.771. The van der Waals surface area contributed by atoms with E-state index in [1.54, 1.807) is 0 Å². The van der Waals surface area contributed by atoms with Gasteiger partial charge in [0, 0.05) is 28.9 Å². The zero-order chi connectivity index (χ0) is 23.6. The number of sulfonamides is 1. The van der Waals surface area contributed by atoms with E-state index in [9.17, 15) is 23.3 Å². The summed E-state index contributed by atoms with van der Waals surface area (Å²) in [5.74, 6) is -0.273. The van der Waals surface area contributed by atoms with Crippen molar-refractivity contribution < 1.29 is 18.1 Å². The van der Waals surface area contributed by atoms with Crippen LogP contribution in [0.3, 0.4) is 0 Å². The largest absolute Gasteiger partial charge is 0.347 e. The third-order valence-corrected chi connectivity index (χ3v) is 6.10. The molecule has 168 valence electrons. The van der Waals surface area contributed by atoms with Crippen molar-refractivity contribution in [3.63, 3.8) is 0 Å². The Morgan fingerprint density at radius 2 is 1.65 bits per heavy atom. The van der Waals surface area contributed by atoms with E-state index in [2.05, 4.69) is 30.8 Å². The fourth-order valence-corrected chi connectivity index (χ4v) is 5.04. The molecule has 0 bridgehead atoms. The van der Waals surface area contributed by atoms with Gasteiger partial charge >= 0.3 is 0 Å². The van der Waals surface area contributed by atoms with Crippen molar-refractivity contribution in [1.29, 1.82) is 0 Å². The summed E-state index contributed by atoms with van der Waals surface area (Å²) in [5, 5.41) is 13.8. The van der Waals surface area contributed by atoms with Crippen LogP contribution in [0.2, 0.25) is 5.02 Å². The molecule has 10 heteroatoms. The van der Waals surface area contributed by atoms with E-state index in [0.29, 0.717) is 5.56 Å². The lowest BCUT2D eigenvalue weighted by Gasteiger charge is -2.33. The van der Waals surface area contributed by atoms with Crippen LogP contribution in [0.1, 0.15) is 51.4 Å². The molecule has 0 spiro atoms. The molecule has 2 aromatic rings. The van der Waals surface area contributed by atoms with Crippen molar-refractivity contribution in [2.45, 2.75) is 51.5 Å². The number of carbonyl (C=O) groups is 1. The lowest BCUT2D eigenvalue weighted by atomic mass is 9.81. The summed E-state index contributed by atoms with van der Waals surface area (Å²) in [6, 6.07) is 9.04. The molecule has 2 aromatic carbocycles. The molecule has 0 unspecified atom stereocenters. The first-order valence-electron chi connectivity index (χ1n) is 9.49. The molecule has 0 saturated carbocycles. The number of carbonyl (C=O) groups excluding carboxylic acids is 1. The number of nitrogens with one attached hydrogen (secondary N) is 2. The molecule has 2 N–H and O–H groups in total. The third kappa shape index (κ3) is 6.93. The van der Waals surface area contributed by atoms with E-state index in [1.807, 2.05) is 13.8 Å². The minimum Gasteiger partial charge on any atom is -0.347 e. The molecule has 0 atom stereocenters. The number of nitro groups is 1. The number of nitro benzene ring substituents is 1. The summed E-state index contributed by atoms with van der Waals surface area (Å²) >= 11 is 5.93. The normalized spacial score (nSPS) is 12.3. The van der Waals surface area contributed by atoms with Crippen molar-refractivity contribution in [2.24, 2.45) is 5.41 Å². The number of hydrogen-bond donors (Lipinski definition) is 2. The third-order valence-electron chi connectivity index (χ3n) is 4.24. The van der Waals surface area contributed by atoms with Gasteiger partial charge in [-0.05, 0) is 56.0 Å². The van der Waals surface area contributed by atoms with Crippen LogP contribution in [0.25, 0.3) is 0 Å². The Morgan fingerprint density at radius 3 is 2.16 bits per heavy atom.